The number of nitrogens with zero attached hydrogens (tertiary/aromatic N) is 3. The Morgan fingerprint density at radius 2 is 2.05 bits per heavy atom. The molecule has 3 rings (SSSR count). The largest absolute Gasteiger partial charge is 0.478 e. The molecule has 2 aromatic rings. The van der Waals surface area contributed by atoms with Crippen LogP contribution in [0.5, 0.6) is 5.88 Å². The van der Waals surface area contributed by atoms with Crippen LogP contribution in [0.25, 0.3) is 11.4 Å². The minimum atomic E-state index is 0.442. The first-order valence-corrected chi connectivity index (χ1v) is 8.08. The van der Waals surface area contributed by atoms with E-state index in [-0.39, 0.29) is 0 Å². The highest BCUT2D eigenvalue weighted by molar-refractivity contribution is 5.56. The van der Waals surface area contributed by atoms with Crippen LogP contribution < -0.4 is 4.74 Å². The van der Waals surface area contributed by atoms with Crippen LogP contribution in [0.2, 0.25) is 0 Å². The van der Waals surface area contributed by atoms with Crippen molar-refractivity contribution in [3.05, 3.63) is 42.1 Å². The van der Waals surface area contributed by atoms with E-state index in [9.17, 15) is 0 Å². The van der Waals surface area contributed by atoms with Gasteiger partial charge in [-0.3, -0.25) is 4.90 Å². The van der Waals surface area contributed by atoms with Crippen molar-refractivity contribution in [2.45, 2.75) is 32.7 Å². The lowest BCUT2D eigenvalue weighted by Crippen LogP contribution is -2.23. The van der Waals surface area contributed by atoms with E-state index in [1.165, 1.54) is 31.5 Å². The third-order valence-corrected chi connectivity index (χ3v) is 4.24. The van der Waals surface area contributed by atoms with Gasteiger partial charge in [-0.15, -0.1) is 0 Å². The molecular weight excluding hydrogens is 274 g/mol. The second kappa shape index (κ2) is 6.88. The van der Waals surface area contributed by atoms with Crippen molar-refractivity contribution < 1.29 is 4.74 Å². The summed E-state index contributed by atoms with van der Waals surface area (Å²) in [4.78, 5) is 11.4. The molecule has 22 heavy (non-hydrogen) atoms. The van der Waals surface area contributed by atoms with E-state index in [0.29, 0.717) is 18.5 Å². The van der Waals surface area contributed by atoms with E-state index in [4.69, 9.17) is 4.74 Å². The summed E-state index contributed by atoms with van der Waals surface area (Å²) in [5.74, 6) is 1.35. The lowest BCUT2D eigenvalue weighted by molar-refractivity contribution is 0.263. The Balaban J connectivity index is 1.85. The van der Waals surface area contributed by atoms with E-state index in [1.807, 2.05) is 6.92 Å². The Kier molecular flexibility index (Phi) is 4.68. The molecule has 4 heteroatoms. The van der Waals surface area contributed by atoms with Crippen LogP contribution in [0.15, 0.2) is 36.5 Å². The normalized spacial score (nSPS) is 16.6. The van der Waals surface area contributed by atoms with Crippen molar-refractivity contribution in [1.29, 1.82) is 0 Å². The van der Waals surface area contributed by atoms with Crippen molar-refractivity contribution in [1.82, 2.24) is 14.9 Å². The number of ether oxygens (including phenoxy) is 1. The van der Waals surface area contributed by atoms with E-state index < -0.39 is 0 Å². The Labute approximate surface area is 132 Å². The van der Waals surface area contributed by atoms with Gasteiger partial charge in [-0.1, -0.05) is 18.2 Å². The van der Waals surface area contributed by atoms with Gasteiger partial charge in [-0.25, -0.2) is 4.98 Å². The highest BCUT2D eigenvalue weighted by Gasteiger charge is 2.19. The minimum Gasteiger partial charge on any atom is -0.478 e. The second-order valence-corrected chi connectivity index (χ2v) is 5.70. The van der Waals surface area contributed by atoms with Crippen LogP contribution >= 0.6 is 0 Å². The molecule has 116 valence electrons. The van der Waals surface area contributed by atoms with Crippen LogP contribution in [0.4, 0.5) is 0 Å². The summed E-state index contributed by atoms with van der Waals surface area (Å²) in [5, 5.41) is 0. The fraction of sp³-hybridized carbons (Fsp3) is 0.444. The summed E-state index contributed by atoms with van der Waals surface area (Å²) in [7, 11) is 0. The topological polar surface area (TPSA) is 38.2 Å². The van der Waals surface area contributed by atoms with Crippen molar-refractivity contribution in [3.63, 3.8) is 0 Å². The van der Waals surface area contributed by atoms with Gasteiger partial charge >= 0.3 is 0 Å². The lowest BCUT2D eigenvalue weighted by atomic mass is 10.0. The molecule has 0 amide bonds. The summed E-state index contributed by atoms with van der Waals surface area (Å²) in [5.41, 5.74) is 2.37. The Bertz CT molecular complexity index is 623. The van der Waals surface area contributed by atoms with Crippen LogP contribution in [0.1, 0.15) is 38.3 Å². The summed E-state index contributed by atoms with van der Waals surface area (Å²) in [6.45, 7) is 7.24. The van der Waals surface area contributed by atoms with Crippen molar-refractivity contribution in [2.24, 2.45) is 0 Å². The molecule has 0 aliphatic carbocycles. The summed E-state index contributed by atoms with van der Waals surface area (Å²) < 4.78 is 5.47. The van der Waals surface area contributed by atoms with E-state index >= 15 is 0 Å². The number of hydrogen-bond acceptors (Lipinski definition) is 4. The molecule has 0 saturated carbocycles. The monoisotopic (exact) mass is 297 g/mol. The molecule has 1 aromatic heterocycles. The van der Waals surface area contributed by atoms with Gasteiger partial charge < -0.3 is 4.74 Å². The van der Waals surface area contributed by atoms with Gasteiger partial charge in [0.15, 0.2) is 5.82 Å². The smallest absolute Gasteiger partial charge is 0.216 e. The first kappa shape index (κ1) is 15.0. The zero-order valence-corrected chi connectivity index (χ0v) is 13.3. The van der Waals surface area contributed by atoms with Gasteiger partial charge in [0.05, 0.1) is 6.61 Å². The molecule has 0 unspecified atom stereocenters. The Hall–Kier alpha value is -1.94. The number of hydrogen-bond donors (Lipinski definition) is 0. The second-order valence-electron chi connectivity index (χ2n) is 5.70. The fourth-order valence-corrected chi connectivity index (χ4v) is 2.99. The molecule has 0 N–H and O–H groups in total. The first-order chi connectivity index (χ1) is 10.8. The molecule has 1 saturated heterocycles. The maximum Gasteiger partial charge on any atom is 0.216 e. The van der Waals surface area contributed by atoms with Crippen molar-refractivity contribution in [3.8, 4) is 17.3 Å². The SMILES string of the molecule is CCOc1ccnc(-c2cccc([C@H](C)N3CCCC3)c2)n1. The third-order valence-electron chi connectivity index (χ3n) is 4.24. The van der Waals surface area contributed by atoms with Crippen molar-refractivity contribution in [2.75, 3.05) is 19.7 Å². The number of aromatic nitrogens is 2. The molecule has 0 radical (unpaired) electrons. The molecule has 1 aliphatic rings. The molecule has 2 heterocycles. The van der Waals surface area contributed by atoms with E-state index in [0.717, 1.165) is 11.4 Å². The Morgan fingerprint density at radius 3 is 2.82 bits per heavy atom. The zero-order chi connectivity index (χ0) is 15.4. The zero-order valence-electron chi connectivity index (χ0n) is 13.3. The summed E-state index contributed by atoms with van der Waals surface area (Å²) in [6.07, 6.45) is 4.37. The Morgan fingerprint density at radius 1 is 1.23 bits per heavy atom. The van der Waals surface area contributed by atoms with E-state index in [2.05, 4.69) is 46.1 Å². The van der Waals surface area contributed by atoms with Crippen LogP contribution in [0, 0.1) is 0 Å². The van der Waals surface area contributed by atoms with Crippen LogP contribution in [0.3, 0.4) is 0 Å². The van der Waals surface area contributed by atoms with Crippen LogP contribution in [-0.2, 0) is 0 Å². The van der Waals surface area contributed by atoms with Gasteiger partial charge in [0.25, 0.3) is 0 Å². The third kappa shape index (κ3) is 3.28. The minimum absolute atomic E-state index is 0.442. The van der Waals surface area contributed by atoms with Gasteiger partial charge in [-0.05, 0) is 51.4 Å². The number of benzene rings is 1. The van der Waals surface area contributed by atoms with E-state index in [1.54, 1.807) is 12.3 Å². The average Bonchev–Trinajstić information content (AvgIpc) is 3.09. The molecule has 0 spiro atoms. The standard InChI is InChI=1S/C18H23N3O/c1-3-22-17-9-10-19-18(20-17)16-8-6-7-15(13-16)14(2)21-11-4-5-12-21/h6-10,13-14H,3-5,11-12H2,1-2H3/t14-/m0/s1. The quantitative estimate of drug-likeness (QED) is 0.843. The highest BCUT2D eigenvalue weighted by Crippen LogP contribution is 2.27. The number of rotatable bonds is 5. The van der Waals surface area contributed by atoms with Gasteiger partial charge in [0, 0.05) is 23.9 Å². The predicted molar refractivity (Wildman–Crippen MR) is 87.9 cm³/mol. The molecule has 1 aliphatic heterocycles. The summed E-state index contributed by atoms with van der Waals surface area (Å²) in [6, 6.07) is 10.8. The molecule has 1 fully saturated rings. The maximum atomic E-state index is 5.47. The number of likely N-dealkylation sites (tertiary alicyclic amines) is 1. The predicted octanol–water partition coefficient (Wildman–Crippen LogP) is 3.70. The van der Waals surface area contributed by atoms with Crippen LogP contribution in [-0.4, -0.2) is 34.6 Å². The van der Waals surface area contributed by atoms with Gasteiger partial charge in [-0.2, -0.15) is 4.98 Å². The first-order valence-electron chi connectivity index (χ1n) is 8.08. The molecule has 1 atom stereocenters. The molecule has 1 aromatic carbocycles. The fourth-order valence-electron chi connectivity index (χ4n) is 2.99. The van der Waals surface area contributed by atoms with Gasteiger partial charge in [0.1, 0.15) is 0 Å². The highest BCUT2D eigenvalue weighted by atomic mass is 16.5. The maximum absolute atomic E-state index is 5.47. The average molecular weight is 297 g/mol. The lowest BCUT2D eigenvalue weighted by Gasteiger charge is -2.24. The summed E-state index contributed by atoms with van der Waals surface area (Å²) >= 11 is 0. The molecule has 0 bridgehead atoms. The van der Waals surface area contributed by atoms with Crippen molar-refractivity contribution >= 4 is 0 Å². The molecular formula is C18H23N3O. The molecule has 4 nitrogen and oxygen atoms in total. The van der Waals surface area contributed by atoms with Gasteiger partial charge in [0.2, 0.25) is 5.88 Å².